The van der Waals surface area contributed by atoms with Crippen molar-refractivity contribution in [1.82, 2.24) is 19.9 Å². The van der Waals surface area contributed by atoms with E-state index in [0.29, 0.717) is 5.69 Å². The molecule has 190 valence electrons. The highest BCUT2D eigenvalue weighted by molar-refractivity contribution is 6.34. The predicted octanol–water partition coefficient (Wildman–Crippen LogP) is 6.24. The lowest BCUT2D eigenvalue weighted by molar-refractivity contribution is -0.137. The van der Waals surface area contributed by atoms with E-state index < -0.39 is 28.8 Å². The third-order valence-electron chi connectivity index (χ3n) is 5.71. The number of methoxy groups -OCH3 is 1. The zero-order valence-corrected chi connectivity index (χ0v) is 21.0. The van der Waals surface area contributed by atoms with Crippen molar-refractivity contribution in [3.05, 3.63) is 39.8 Å². The van der Waals surface area contributed by atoms with Crippen molar-refractivity contribution >= 4 is 28.3 Å². The maximum absolute atomic E-state index is 15.5. The number of ether oxygens (including phenoxy) is 1. The number of nitrogens with two attached hydrogens (primary N) is 1. The van der Waals surface area contributed by atoms with Crippen LogP contribution in [0.3, 0.4) is 0 Å². The highest BCUT2D eigenvalue weighted by Gasteiger charge is 2.38. The first kappa shape index (κ1) is 26.9. The van der Waals surface area contributed by atoms with E-state index in [1.165, 1.54) is 46.0 Å². The number of alkyl halides is 3. The van der Waals surface area contributed by atoms with Gasteiger partial charge in [0, 0.05) is 5.39 Å². The van der Waals surface area contributed by atoms with Crippen LogP contribution in [0.2, 0.25) is 5.02 Å². The molecule has 0 spiro atoms. The van der Waals surface area contributed by atoms with Crippen LogP contribution < -0.4 is 10.5 Å². The average molecular weight is 514 g/mol. The average Bonchev–Trinajstić information content (AvgIpc) is 3.23. The minimum atomic E-state index is -4.79. The topological polar surface area (TPSA) is 77.2 Å². The minimum Gasteiger partial charge on any atom is -0.467 e. The number of hydrogen-bond acceptors (Lipinski definition) is 6. The van der Waals surface area contributed by atoms with Gasteiger partial charge in [0.05, 0.1) is 34.6 Å². The number of nitrogen functional groups attached to an aromatic ring is 1. The molecule has 1 aliphatic rings. The summed E-state index contributed by atoms with van der Waals surface area (Å²) in [6, 6.07) is 2.30. The summed E-state index contributed by atoms with van der Waals surface area (Å²) in [4.78, 5) is 14.3. The van der Waals surface area contributed by atoms with Gasteiger partial charge in [-0.1, -0.05) is 25.4 Å². The number of nitrogens with zero attached hydrogens (tertiary/aromatic N) is 4. The SMILES string of the molecule is CN1CCCC1.COc1nc(C(C)C)c2cc(Cl)c(-c3nc(N)cc(C)c3C(F)(F)F)c(F)c2n1. The van der Waals surface area contributed by atoms with Crippen LogP contribution in [-0.2, 0) is 6.18 Å². The fourth-order valence-corrected chi connectivity index (χ4v) is 4.34. The number of fused-ring (bicyclic) bond motifs is 1. The fraction of sp³-hybridized carbons (Fsp3) is 0.458. The van der Waals surface area contributed by atoms with Crippen molar-refractivity contribution in [1.29, 1.82) is 0 Å². The standard InChI is InChI=1S/C19H17ClF4N4O.C5H11N/c1-7(2)15-9-6-10(20)12(14(21)16(9)28-18(27-15)29-4)17-13(19(22,23)24)8(3)5-11(25)26-17;1-6-4-2-3-5-6/h5-7H,1-4H3,(H2,25,26);2-5H2,1H3. The Kier molecular flexibility index (Phi) is 8.06. The summed E-state index contributed by atoms with van der Waals surface area (Å²) in [7, 11) is 3.48. The van der Waals surface area contributed by atoms with E-state index in [0.717, 1.165) is 6.07 Å². The molecule has 1 fully saturated rings. The van der Waals surface area contributed by atoms with Crippen molar-refractivity contribution in [2.75, 3.05) is 33.0 Å². The summed E-state index contributed by atoms with van der Waals surface area (Å²) in [6.45, 7) is 7.51. The molecule has 2 aromatic heterocycles. The second kappa shape index (κ2) is 10.5. The van der Waals surface area contributed by atoms with Crippen molar-refractivity contribution in [2.24, 2.45) is 0 Å². The lowest BCUT2D eigenvalue weighted by Gasteiger charge is -2.18. The summed E-state index contributed by atoms with van der Waals surface area (Å²) in [5.41, 5.74) is 3.35. The Labute approximate surface area is 206 Å². The van der Waals surface area contributed by atoms with E-state index in [-0.39, 0.29) is 39.2 Å². The number of rotatable bonds is 3. The first-order valence-electron chi connectivity index (χ1n) is 11.1. The van der Waals surface area contributed by atoms with E-state index in [4.69, 9.17) is 22.1 Å². The summed E-state index contributed by atoms with van der Waals surface area (Å²) in [6.07, 6.45) is -1.97. The highest BCUT2D eigenvalue weighted by Crippen LogP contribution is 2.44. The maximum atomic E-state index is 15.5. The Morgan fingerprint density at radius 2 is 1.74 bits per heavy atom. The molecule has 0 amide bonds. The van der Waals surface area contributed by atoms with Crippen molar-refractivity contribution in [3.8, 4) is 17.3 Å². The number of pyridine rings is 1. The lowest BCUT2D eigenvalue weighted by atomic mass is 9.97. The zero-order chi connectivity index (χ0) is 26.1. The second-order valence-corrected chi connectivity index (χ2v) is 9.20. The minimum absolute atomic E-state index is 0.110. The lowest BCUT2D eigenvalue weighted by Crippen LogP contribution is -2.13. The fourth-order valence-electron chi connectivity index (χ4n) is 4.06. The Hall–Kier alpha value is -2.72. The van der Waals surface area contributed by atoms with Crippen LogP contribution in [0.25, 0.3) is 22.2 Å². The van der Waals surface area contributed by atoms with E-state index in [2.05, 4.69) is 26.9 Å². The number of anilines is 1. The van der Waals surface area contributed by atoms with Gasteiger partial charge in [0.25, 0.3) is 0 Å². The number of aryl methyl sites for hydroxylation is 1. The van der Waals surface area contributed by atoms with Gasteiger partial charge in [0.2, 0.25) is 0 Å². The summed E-state index contributed by atoms with van der Waals surface area (Å²) in [5.74, 6) is -1.39. The molecule has 2 N–H and O–H groups in total. The second-order valence-electron chi connectivity index (χ2n) is 8.79. The molecule has 0 saturated carbocycles. The Balaban J connectivity index is 0.000000497. The summed E-state index contributed by atoms with van der Waals surface area (Å²) >= 11 is 6.25. The van der Waals surface area contributed by atoms with Gasteiger partial charge in [0.1, 0.15) is 11.3 Å². The number of halogens is 5. The van der Waals surface area contributed by atoms with Gasteiger partial charge in [0.15, 0.2) is 5.82 Å². The molecule has 0 unspecified atom stereocenters. The largest absolute Gasteiger partial charge is 0.467 e. The van der Waals surface area contributed by atoms with Gasteiger partial charge in [-0.05, 0) is 63.5 Å². The van der Waals surface area contributed by atoms with Gasteiger partial charge >= 0.3 is 12.2 Å². The number of hydrogen-bond donors (Lipinski definition) is 1. The van der Waals surface area contributed by atoms with E-state index in [1.807, 2.05) is 13.8 Å². The maximum Gasteiger partial charge on any atom is 0.418 e. The molecule has 3 aromatic rings. The molecule has 0 atom stereocenters. The molecular weight excluding hydrogens is 486 g/mol. The molecule has 6 nitrogen and oxygen atoms in total. The van der Waals surface area contributed by atoms with Crippen LogP contribution in [0.1, 0.15) is 49.4 Å². The number of benzene rings is 1. The molecule has 35 heavy (non-hydrogen) atoms. The van der Waals surface area contributed by atoms with Gasteiger partial charge in [-0.25, -0.2) is 9.37 Å². The molecule has 0 radical (unpaired) electrons. The van der Waals surface area contributed by atoms with Gasteiger partial charge in [-0.3, -0.25) is 0 Å². The first-order valence-corrected chi connectivity index (χ1v) is 11.5. The molecule has 11 heteroatoms. The van der Waals surface area contributed by atoms with Crippen LogP contribution >= 0.6 is 11.6 Å². The highest BCUT2D eigenvalue weighted by atomic mass is 35.5. The van der Waals surface area contributed by atoms with Gasteiger partial charge < -0.3 is 15.4 Å². The normalized spacial score (nSPS) is 14.4. The van der Waals surface area contributed by atoms with Crippen LogP contribution in [0.15, 0.2) is 12.1 Å². The van der Waals surface area contributed by atoms with Crippen molar-refractivity contribution in [3.63, 3.8) is 0 Å². The summed E-state index contributed by atoms with van der Waals surface area (Å²) in [5, 5.41) is 0.0231. The molecule has 0 bridgehead atoms. The predicted molar refractivity (Wildman–Crippen MR) is 129 cm³/mol. The molecule has 1 aliphatic heterocycles. The zero-order valence-electron chi connectivity index (χ0n) is 20.2. The number of likely N-dealkylation sites (tertiary alicyclic amines) is 1. The van der Waals surface area contributed by atoms with Crippen LogP contribution in [0.5, 0.6) is 6.01 Å². The molecular formula is C24H28ClF4N5O. The number of aromatic nitrogens is 3. The molecule has 1 aromatic carbocycles. The third kappa shape index (κ3) is 5.75. The quantitative estimate of drug-likeness (QED) is 0.418. The van der Waals surface area contributed by atoms with Gasteiger partial charge in [-0.15, -0.1) is 0 Å². The van der Waals surface area contributed by atoms with Crippen molar-refractivity contribution < 1.29 is 22.3 Å². The monoisotopic (exact) mass is 513 g/mol. The van der Waals surface area contributed by atoms with E-state index in [9.17, 15) is 13.2 Å². The molecule has 4 rings (SSSR count). The Morgan fingerprint density at radius 3 is 2.23 bits per heavy atom. The smallest absolute Gasteiger partial charge is 0.418 e. The first-order chi connectivity index (χ1) is 16.3. The third-order valence-corrected chi connectivity index (χ3v) is 6.01. The Bertz CT molecular complexity index is 1230. The molecule has 0 aliphatic carbocycles. The summed E-state index contributed by atoms with van der Waals surface area (Å²) < 4.78 is 61.7. The van der Waals surface area contributed by atoms with E-state index in [1.54, 1.807) is 0 Å². The molecule has 3 heterocycles. The van der Waals surface area contributed by atoms with Crippen LogP contribution in [0.4, 0.5) is 23.4 Å². The Morgan fingerprint density at radius 1 is 1.11 bits per heavy atom. The molecule has 1 saturated heterocycles. The van der Waals surface area contributed by atoms with Gasteiger partial charge in [-0.2, -0.15) is 23.1 Å². The van der Waals surface area contributed by atoms with Crippen LogP contribution in [0, 0.1) is 12.7 Å². The van der Waals surface area contributed by atoms with Crippen LogP contribution in [-0.4, -0.2) is 47.1 Å². The van der Waals surface area contributed by atoms with E-state index >= 15 is 4.39 Å². The van der Waals surface area contributed by atoms with Crippen molar-refractivity contribution in [2.45, 2.75) is 45.7 Å².